The summed E-state index contributed by atoms with van der Waals surface area (Å²) in [6, 6.07) is -0.826. The Bertz CT molecular complexity index is 1080. The van der Waals surface area contributed by atoms with Crippen LogP contribution < -0.4 is 5.32 Å². The lowest BCUT2D eigenvalue weighted by molar-refractivity contribution is -0.302. The largest absolute Gasteiger partial charge is 0.394 e. The van der Waals surface area contributed by atoms with Gasteiger partial charge in [0.25, 0.3) is 0 Å². The van der Waals surface area contributed by atoms with Crippen molar-refractivity contribution in [3.63, 3.8) is 0 Å². The van der Waals surface area contributed by atoms with E-state index in [2.05, 4.69) is 55.6 Å². The molecular formula is C51H93NO8. The van der Waals surface area contributed by atoms with Crippen molar-refractivity contribution in [2.24, 2.45) is 0 Å². The minimum absolute atomic E-state index is 0.195. The Morgan fingerprint density at radius 3 is 1.53 bits per heavy atom. The normalized spacial score (nSPS) is 20.9. The van der Waals surface area contributed by atoms with E-state index in [1.54, 1.807) is 6.08 Å². The first-order chi connectivity index (χ1) is 29.3. The van der Waals surface area contributed by atoms with Crippen molar-refractivity contribution in [1.82, 2.24) is 5.32 Å². The molecule has 1 saturated heterocycles. The minimum Gasteiger partial charge on any atom is -0.394 e. The van der Waals surface area contributed by atoms with Gasteiger partial charge in [0.2, 0.25) is 5.91 Å². The van der Waals surface area contributed by atoms with Gasteiger partial charge in [0.1, 0.15) is 24.4 Å². The van der Waals surface area contributed by atoms with Crippen LogP contribution >= 0.6 is 0 Å². The first-order valence-corrected chi connectivity index (χ1v) is 24.9. The number of aliphatic hydroxyl groups is 5. The van der Waals surface area contributed by atoms with E-state index in [0.717, 1.165) is 57.8 Å². The van der Waals surface area contributed by atoms with Crippen molar-refractivity contribution >= 4 is 5.91 Å². The molecule has 60 heavy (non-hydrogen) atoms. The Labute approximate surface area is 367 Å². The van der Waals surface area contributed by atoms with Gasteiger partial charge in [0.05, 0.1) is 25.4 Å². The van der Waals surface area contributed by atoms with Gasteiger partial charge in [0.15, 0.2) is 6.29 Å². The molecule has 9 heteroatoms. The number of carbonyl (C=O) groups is 1. The Balaban J connectivity index is 2.35. The first kappa shape index (κ1) is 56.2. The standard InChI is InChI=1S/C51H93NO8/c1-3-5-7-9-11-13-15-17-19-21-22-23-25-26-28-30-32-34-36-38-40-45(54)44(43-59-51-50(58)49(57)48(56)46(42-53)60-51)52-47(55)41-39-37-35-33-31-29-27-24-20-18-16-14-12-10-8-6-4-2/h12,14,18,20,30,32,38,40,44-46,48-51,53-54,56-58H,3-11,13,15-17,19,21-29,31,33-37,39,41-43H2,1-2H3,(H,52,55)/b14-12-,20-18-,32-30+,40-38+. The second-order valence-electron chi connectivity index (χ2n) is 17.2. The van der Waals surface area contributed by atoms with Crippen LogP contribution in [0.3, 0.4) is 0 Å². The maximum absolute atomic E-state index is 13.0. The fourth-order valence-corrected chi connectivity index (χ4v) is 7.61. The van der Waals surface area contributed by atoms with E-state index in [0.29, 0.717) is 6.42 Å². The number of ether oxygens (including phenoxy) is 2. The third-order valence-electron chi connectivity index (χ3n) is 11.6. The lowest BCUT2D eigenvalue weighted by Crippen LogP contribution is -2.60. The van der Waals surface area contributed by atoms with Crippen molar-refractivity contribution in [1.29, 1.82) is 0 Å². The topological polar surface area (TPSA) is 149 Å². The lowest BCUT2D eigenvalue weighted by Gasteiger charge is -2.40. The van der Waals surface area contributed by atoms with Crippen LogP contribution in [0.25, 0.3) is 0 Å². The Kier molecular flexibility index (Phi) is 38.5. The average molecular weight is 848 g/mol. The molecule has 1 aliphatic rings. The van der Waals surface area contributed by atoms with Gasteiger partial charge in [-0.15, -0.1) is 0 Å². The van der Waals surface area contributed by atoms with Crippen LogP contribution in [0, 0.1) is 0 Å². The number of allylic oxidation sites excluding steroid dienone is 7. The van der Waals surface area contributed by atoms with Crippen molar-refractivity contribution in [2.45, 2.75) is 256 Å². The highest BCUT2D eigenvalue weighted by Gasteiger charge is 2.44. The van der Waals surface area contributed by atoms with Crippen LogP contribution in [-0.2, 0) is 14.3 Å². The fourth-order valence-electron chi connectivity index (χ4n) is 7.61. The Hall–Kier alpha value is -1.85. The van der Waals surface area contributed by atoms with Gasteiger partial charge in [-0.25, -0.2) is 0 Å². The molecule has 6 N–H and O–H groups in total. The number of aliphatic hydroxyl groups excluding tert-OH is 5. The maximum atomic E-state index is 13.0. The van der Waals surface area contributed by atoms with Gasteiger partial charge < -0.3 is 40.3 Å². The summed E-state index contributed by atoms with van der Waals surface area (Å²) in [6.07, 6.45) is 45.8. The quantitative estimate of drug-likeness (QED) is 0.0263. The van der Waals surface area contributed by atoms with Crippen molar-refractivity contribution in [3.05, 3.63) is 48.6 Å². The third kappa shape index (κ3) is 31.1. The predicted octanol–water partition coefficient (Wildman–Crippen LogP) is 11.0. The van der Waals surface area contributed by atoms with Crippen molar-refractivity contribution in [2.75, 3.05) is 13.2 Å². The molecule has 0 aliphatic carbocycles. The van der Waals surface area contributed by atoms with E-state index >= 15 is 0 Å². The van der Waals surface area contributed by atoms with Crippen molar-refractivity contribution in [3.8, 4) is 0 Å². The summed E-state index contributed by atoms with van der Waals surface area (Å²) in [7, 11) is 0. The molecule has 350 valence electrons. The van der Waals surface area contributed by atoms with Gasteiger partial charge >= 0.3 is 0 Å². The summed E-state index contributed by atoms with van der Waals surface area (Å²) in [6.45, 7) is 3.73. The molecule has 0 spiro atoms. The summed E-state index contributed by atoms with van der Waals surface area (Å²) in [5.74, 6) is -0.195. The Morgan fingerprint density at radius 2 is 1.00 bits per heavy atom. The lowest BCUT2D eigenvalue weighted by atomic mass is 9.99. The molecule has 7 unspecified atom stereocenters. The molecule has 0 aromatic heterocycles. The number of unbranched alkanes of at least 4 members (excludes halogenated alkanes) is 25. The molecule has 1 heterocycles. The van der Waals surface area contributed by atoms with E-state index in [-0.39, 0.29) is 12.5 Å². The number of rotatable bonds is 41. The zero-order valence-corrected chi connectivity index (χ0v) is 38.5. The first-order valence-electron chi connectivity index (χ1n) is 24.9. The highest BCUT2D eigenvalue weighted by Crippen LogP contribution is 2.22. The third-order valence-corrected chi connectivity index (χ3v) is 11.6. The molecule has 1 fully saturated rings. The van der Waals surface area contributed by atoms with Crippen LogP contribution in [0.15, 0.2) is 48.6 Å². The molecule has 9 nitrogen and oxygen atoms in total. The average Bonchev–Trinajstić information content (AvgIpc) is 3.25. The molecular weight excluding hydrogens is 755 g/mol. The number of hydrogen-bond acceptors (Lipinski definition) is 8. The zero-order valence-electron chi connectivity index (χ0n) is 38.5. The second-order valence-corrected chi connectivity index (χ2v) is 17.2. The van der Waals surface area contributed by atoms with Crippen LogP contribution in [0.4, 0.5) is 0 Å². The molecule has 0 aromatic carbocycles. The number of carbonyl (C=O) groups excluding carboxylic acids is 1. The van der Waals surface area contributed by atoms with Gasteiger partial charge in [-0.05, 0) is 64.2 Å². The molecule has 7 atom stereocenters. The fraction of sp³-hybridized carbons (Fsp3) is 0.824. The van der Waals surface area contributed by atoms with Gasteiger partial charge in [-0.1, -0.05) is 191 Å². The molecule has 1 aliphatic heterocycles. The SMILES string of the molecule is CCCCC/C=C\C/C=C\CCCCCCCCCC(=O)NC(COC1OC(CO)C(O)C(O)C1O)C(O)/C=C/CC/C=C/CCCCCCCCCCCCCCCC. The molecule has 0 aromatic rings. The van der Waals surface area contributed by atoms with E-state index in [4.69, 9.17) is 9.47 Å². The van der Waals surface area contributed by atoms with E-state index < -0.39 is 49.5 Å². The van der Waals surface area contributed by atoms with E-state index in [1.165, 1.54) is 135 Å². The highest BCUT2D eigenvalue weighted by atomic mass is 16.7. The molecule has 1 amide bonds. The predicted molar refractivity (Wildman–Crippen MR) is 249 cm³/mol. The summed E-state index contributed by atoms with van der Waals surface area (Å²) in [5, 5.41) is 54.3. The molecule has 1 rings (SSSR count). The number of amides is 1. The maximum Gasteiger partial charge on any atom is 0.220 e. The summed E-state index contributed by atoms with van der Waals surface area (Å²) < 4.78 is 11.2. The highest BCUT2D eigenvalue weighted by molar-refractivity contribution is 5.76. The van der Waals surface area contributed by atoms with Crippen LogP contribution in [0.5, 0.6) is 0 Å². The van der Waals surface area contributed by atoms with Gasteiger partial charge in [0, 0.05) is 6.42 Å². The van der Waals surface area contributed by atoms with Gasteiger partial charge in [-0.3, -0.25) is 4.79 Å². The van der Waals surface area contributed by atoms with Crippen molar-refractivity contribution < 1.29 is 39.8 Å². The monoisotopic (exact) mass is 848 g/mol. The van der Waals surface area contributed by atoms with Crippen LogP contribution in [0.1, 0.15) is 213 Å². The van der Waals surface area contributed by atoms with Crippen LogP contribution in [-0.4, -0.2) is 87.5 Å². The second kappa shape index (κ2) is 41.2. The smallest absolute Gasteiger partial charge is 0.220 e. The van der Waals surface area contributed by atoms with Crippen LogP contribution in [0.2, 0.25) is 0 Å². The Morgan fingerprint density at radius 1 is 0.567 bits per heavy atom. The van der Waals surface area contributed by atoms with Gasteiger partial charge in [-0.2, -0.15) is 0 Å². The molecule has 0 radical (unpaired) electrons. The number of nitrogens with one attached hydrogen (secondary N) is 1. The van der Waals surface area contributed by atoms with E-state index in [1.807, 2.05) is 6.08 Å². The number of hydrogen-bond donors (Lipinski definition) is 6. The summed E-state index contributed by atoms with van der Waals surface area (Å²) in [4.78, 5) is 13.0. The summed E-state index contributed by atoms with van der Waals surface area (Å²) in [5.41, 5.74) is 0. The van der Waals surface area contributed by atoms with E-state index in [9.17, 15) is 30.3 Å². The minimum atomic E-state index is -1.57. The summed E-state index contributed by atoms with van der Waals surface area (Å²) >= 11 is 0. The molecule has 0 saturated carbocycles. The molecule has 0 bridgehead atoms. The zero-order chi connectivity index (χ0) is 43.7.